The molecule has 0 aliphatic heterocycles. The Labute approximate surface area is 117 Å². The van der Waals surface area contributed by atoms with Gasteiger partial charge in [0.15, 0.2) is 0 Å². The third-order valence-corrected chi connectivity index (χ3v) is 3.16. The van der Waals surface area contributed by atoms with Crippen LogP contribution in [0.5, 0.6) is 0 Å². The standard InChI is InChI=1S/C15H19F3N2/c1-14(2,8-5-9-19)11-20-10-12-6-3-4-7-13(12)15(16,17)18/h3-4,6-7,20H,5,8,10-11H2,1-2H3. The molecule has 0 fully saturated rings. The molecule has 5 heteroatoms. The lowest BCUT2D eigenvalue weighted by molar-refractivity contribution is -0.138. The Kier molecular flexibility index (Phi) is 5.58. The molecular formula is C15H19F3N2. The first-order valence-electron chi connectivity index (χ1n) is 6.49. The molecule has 0 radical (unpaired) electrons. The Bertz CT molecular complexity index is 473. The summed E-state index contributed by atoms with van der Waals surface area (Å²) in [5.74, 6) is 0. The summed E-state index contributed by atoms with van der Waals surface area (Å²) in [6.07, 6.45) is -3.15. The first kappa shape index (κ1) is 16.5. The molecule has 1 aromatic carbocycles. The Morgan fingerprint density at radius 3 is 2.45 bits per heavy atom. The Balaban J connectivity index is 2.61. The second kappa shape index (κ2) is 6.76. The number of hydrogen-bond donors (Lipinski definition) is 1. The Hall–Kier alpha value is -1.54. The van der Waals surface area contributed by atoms with Crippen LogP contribution in [0.1, 0.15) is 37.8 Å². The van der Waals surface area contributed by atoms with Crippen LogP contribution in [0.15, 0.2) is 24.3 Å². The fourth-order valence-electron chi connectivity index (χ4n) is 1.97. The van der Waals surface area contributed by atoms with Crippen molar-refractivity contribution in [1.82, 2.24) is 5.32 Å². The first-order chi connectivity index (χ1) is 9.26. The lowest BCUT2D eigenvalue weighted by Gasteiger charge is -2.24. The molecule has 1 N–H and O–H groups in total. The second-order valence-electron chi connectivity index (χ2n) is 5.58. The number of alkyl halides is 3. The summed E-state index contributed by atoms with van der Waals surface area (Å²) >= 11 is 0. The molecule has 0 amide bonds. The van der Waals surface area contributed by atoms with E-state index in [9.17, 15) is 13.2 Å². The number of benzene rings is 1. The molecule has 0 aliphatic rings. The van der Waals surface area contributed by atoms with Gasteiger partial charge in [-0.15, -0.1) is 0 Å². The van der Waals surface area contributed by atoms with Crippen molar-refractivity contribution >= 4 is 0 Å². The van der Waals surface area contributed by atoms with Crippen LogP contribution in [-0.4, -0.2) is 6.54 Å². The molecule has 0 atom stereocenters. The minimum absolute atomic E-state index is 0.108. The number of nitrogens with one attached hydrogen (secondary N) is 1. The van der Waals surface area contributed by atoms with E-state index < -0.39 is 11.7 Å². The maximum atomic E-state index is 12.8. The highest BCUT2D eigenvalue weighted by Crippen LogP contribution is 2.31. The van der Waals surface area contributed by atoms with E-state index in [1.807, 2.05) is 13.8 Å². The van der Waals surface area contributed by atoms with E-state index in [0.717, 1.165) is 12.5 Å². The second-order valence-corrected chi connectivity index (χ2v) is 5.58. The van der Waals surface area contributed by atoms with E-state index >= 15 is 0 Å². The van der Waals surface area contributed by atoms with E-state index in [1.54, 1.807) is 6.07 Å². The van der Waals surface area contributed by atoms with E-state index in [2.05, 4.69) is 11.4 Å². The molecule has 0 spiro atoms. The third kappa shape index (κ3) is 5.22. The smallest absolute Gasteiger partial charge is 0.312 e. The van der Waals surface area contributed by atoms with Crippen molar-refractivity contribution in [2.75, 3.05) is 6.54 Å². The zero-order valence-corrected chi connectivity index (χ0v) is 11.7. The predicted molar refractivity (Wildman–Crippen MR) is 71.8 cm³/mol. The quantitative estimate of drug-likeness (QED) is 0.852. The van der Waals surface area contributed by atoms with Crippen LogP contribution in [0.25, 0.3) is 0 Å². The van der Waals surface area contributed by atoms with Crippen LogP contribution in [0.2, 0.25) is 0 Å². The highest BCUT2D eigenvalue weighted by Gasteiger charge is 2.32. The van der Waals surface area contributed by atoms with Crippen LogP contribution in [0, 0.1) is 16.7 Å². The van der Waals surface area contributed by atoms with Crippen molar-refractivity contribution < 1.29 is 13.2 Å². The molecule has 0 saturated heterocycles. The Morgan fingerprint density at radius 2 is 1.85 bits per heavy atom. The number of halogens is 3. The molecule has 1 aromatic rings. The average Bonchev–Trinajstić information content (AvgIpc) is 2.36. The minimum Gasteiger partial charge on any atom is -0.312 e. The highest BCUT2D eigenvalue weighted by molar-refractivity contribution is 5.29. The zero-order valence-electron chi connectivity index (χ0n) is 11.7. The van der Waals surface area contributed by atoms with Crippen LogP contribution in [-0.2, 0) is 12.7 Å². The highest BCUT2D eigenvalue weighted by atomic mass is 19.4. The maximum absolute atomic E-state index is 12.8. The fourth-order valence-corrected chi connectivity index (χ4v) is 1.97. The summed E-state index contributed by atoms with van der Waals surface area (Å²) in [4.78, 5) is 0. The SMILES string of the molecule is CC(C)(CCC#N)CNCc1ccccc1C(F)(F)F. The van der Waals surface area contributed by atoms with Crippen LogP contribution in [0.4, 0.5) is 13.2 Å². The average molecular weight is 284 g/mol. The van der Waals surface area contributed by atoms with E-state index in [0.29, 0.717) is 13.0 Å². The van der Waals surface area contributed by atoms with Crippen molar-refractivity contribution in [3.63, 3.8) is 0 Å². The summed E-state index contributed by atoms with van der Waals surface area (Å²) in [6, 6.07) is 7.66. The lowest BCUT2D eigenvalue weighted by Crippen LogP contribution is -2.29. The zero-order chi connectivity index (χ0) is 15.2. The van der Waals surface area contributed by atoms with Crippen molar-refractivity contribution in [2.45, 2.75) is 39.4 Å². The molecular weight excluding hydrogens is 265 g/mol. The fraction of sp³-hybridized carbons (Fsp3) is 0.533. The van der Waals surface area contributed by atoms with Gasteiger partial charge in [-0.2, -0.15) is 18.4 Å². The number of rotatable bonds is 6. The Morgan fingerprint density at radius 1 is 1.20 bits per heavy atom. The molecule has 0 unspecified atom stereocenters. The van der Waals surface area contributed by atoms with Gasteiger partial charge in [0.1, 0.15) is 0 Å². The van der Waals surface area contributed by atoms with Gasteiger partial charge in [-0.25, -0.2) is 0 Å². The van der Waals surface area contributed by atoms with E-state index in [1.165, 1.54) is 12.1 Å². The van der Waals surface area contributed by atoms with Crippen molar-refractivity contribution in [3.05, 3.63) is 35.4 Å². The monoisotopic (exact) mass is 284 g/mol. The van der Waals surface area contributed by atoms with Gasteiger partial charge < -0.3 is 5.32 Å². The van der Waals surface area contributed by atoms with Crippen molar-refractivity contribution in [1.29, 1.82) is 5.26 Å². The molecule has 0 aromatic heterocycles. The minimum atomic E-state index is -4.32. The van der Waals surface area contributed by atoms with Crippen LogP contribution in [0.3, 0.4) is 0 Å². The molecule has 20 heavy (non-hydrogen) atoms. The lowest BCUT2D eigenvalue weighted by atomic mass is 9.88. The van der Waals surface area contributed by atoms with Crippen molar-refractivity contribution in [3.8, 4) is 6.07 Å². The van der Waals surface area contributed by atoms with Gasteiger partial charge in [-0.05, 0) is 23.5 Å². The molecule has 0 bridgehead atoms. The number of nitrogens with zero attached hydrogens (tertiary/aromatic N) is 1. The molecule has 0 saturated carbocycles. The topological polar surface area (TPSA) is 35.8 Å². The summed E-state index contributed by atoms with van der Waals surface area (Å²) in [5, 5.41) is 11.6. The summed E-state index contributed by atoms with van der Waals surface area (Å²) in [6.45, 7) is 4.73. The third-order valence-electron chi connectivity index (χ3n) is 3.16. The largest absolute Gasteiger partial charge is 0.416 e. The predicted octanol–water partition coefficient (Wildman–Crippen LogP) is 4.12. The normalized spacial score (nSPS) is 12.2. The van der Waals surface area contributed by atoms with Gasteiger partial charge in [0, 0.05) is 19.5 Å². The van der Waals surface area contributed by atoms with Gasteiger partial charge in [0.2, 0.25) is 0 Å². The summed E-state index contributed by atoms with van der Waals surface area (Å²) in [7, 11) is 0. The summed E-state index contributed by atoms with van der Waals surface area (Å²) in [5.41, 5.74) is -0.457. The van der Waals surface area contributed by atoms with Gasteiger partial charge >= 0.3 is 6.18 Å². The van der Waals surface area contributed by atoms with E-state index in [-0.39, 0.29) is 17.5 Å². The number of hydrogen-bond acceptors (Lipinski definition) is 2. The number of nitriles is 1. The molecule has 0 heterocycles. The van der Waals surface area contributed by atoms with Gasteiger partial charge in [-0.1, -0.05) is 32.0 Å². The first-order valence-corrected chi connectivity index (χ1v) is 6.49. The van der Waals surface area contributed by atoms with Crippen LogP contribution >= 0.6 is 0 Å². The van der Waals surface area contributed by atoms with Crippen LogP contribution < -0.4 is 5.32 Å². The molecule has 110 valence electrons. The maximum Gasteiger partial charge on any atom is 0.416 e. The summed E-state index contributed by atoms with van der Waals surface area (Å²) < 4.78 is 38.4. The van der Waals surface area contributed by atoms with Gasteiger partial charge in [-0.3, -0.25) is 0 Å². The van der Waals surface area contributed by atoms with E-state index in [4.69, 9.17) is 5.26 Å². The molecule has 2 nitrogen and oxygen atoms in total. The van der Waals surface area contributed by atoms with Gasteiger partial charge in [0.25, 0.3) is 0 Å². The molecule has 0 aliphatic carbocycles. The van der Waals surface area contributed by atoms with Crippen molar-refractivity contribution in [2.24, 2.45) is 5.41 Å². The molecule has 1 rings (SSSR count). The van der Waals surface area contributed by atoms with Gasteiger partial charge in [0.05, 0.1) is 11.6 Å².